The zero-order valence-electron chi connectivity index (χ0n) is 10.9. The van der Waals surface area contributed by atoms with Gasteiger partial charge in [-0.2, -0.15) is 0 Å². The monoisotopic (exact) mass is 267 g/mol. The summed E-state index contributed by atoms with van der Waals surface area (Å²) in [5.41, 5.74) is 0.884. The Morgan fingerprint density at radius 2 is 2.37 bits per heavy atom. The Kier molecular flexibility index (Phi) is 4.37. The fourth-order valence-electron chi connectivity index (χ4n) is 2.54. The minimum absolute atomic E-state index is 0.209. The number of likely N-dealkylation sites (tertiary alicyclic amines) is 1. The molecule has 0 bridgehead atoms. The zero-order valence-corrected chi connectivity index (χ0v) is 10.9. The van der Waals surface area contributed by atoms with Crippen molar-refractivity contribution in [3.8, 4) is 5.75 Å². The van der Waals surface area contributed by atoms with Crippen LogP contribution in [0, 0.1) is 11.7 Å². The summed E-state index contributed by atoms with van der Waals surface area (Å²) >= 11 is 0. The van der Waals surface area contributed by atoms with E-state index in [1.54, 1.807) is 6.07 Å². The molecular formula is C14H18FNO3. The molecule has 1 atom stereocenters. The summed E-state index contributed by atoms with van der Waals surface area (Å²) in [6, 6.07) is 4.94. The van der Waals surface area contributed by atoms with Crippen molar-refractivity contribution in [3.05, 3.63) is 29.6 Å². The minimum Gasteiger partial charge on any atom is -0.494 e. The molecule has 1 aliphatic heterocycles. The highest BCUT2D eigenvalue weighted by molar-refractivity contribution is 5.67. The van der Waals surface area contributed by atoms with Gasteiger partial charge in [0.15, 0.2) is 11.6 Å². The van der Waals surface area contributed by atoms with Crippen LogP contribution in [-0.2, 0) is 11.3 Å². The first-order chi connectivity index (χ1) is 9.08. The molecule has 1 N–H and O–H groups in total. The molecule has 1 saturated heterocycles. The predicted octanol–water partition coefficient (Wildman–Crippen LogP) is 2.13. The van der Waals surface area contributed by atoms with Gasteiger partial charge in [-0.15, -0.1) is 0 Å². The molecule has 1 aromatic carbocycles. The van der Waals surface area contributed by atoms with Gasteiger partial charge in [0.25, 0.3) is 0 Å². The molecule has 0 saturated carbocycles. The first kappa shape index (κ1) is 13.8. The second-order valence-electron chi connectivity index (χ2n) is 4.96. The summed E-state index contributed by atoms with van der Waals surface area (Å²) in [6.45, 7) is 2.28. The molecule has 1 aliphatic rings. The van der Waals surface area contributed by atoms with Gasteiger partial charge in [-0.25, -0.2) is 4.39 Å². The van der Waals surface area contributed by atoms with Crippen molar-refractivity contribution in [3.63, 3.8) is 0 Å². The molecule has 19 heavy (non-hydrogen) atoms. The summed E-state index contributed by atoms with van der Waals surface area (Å²) in [7, 11) is 1.44. The van der Waals surface area contributed by atoms with Crippen molar-refractivity contribution in [1.29, 1.82) is 0 Å². The van der Waals surface area contributed by atoms with Crippen molar-refractivity contribution < 1.29 is 19.0 Å². The van der Waals surface area contributed by atoms with Crippen LogP contribution in [-0.4, -0.2) is 36.2 Å². The lowest BCUT2D eigenvalue weighted by molar-refractivity contribution is -0.138. The highest BCUT2D eigenvalue weighted by atomic mass is 19.1. The van der Waals surface area contributed by atoms with Gasteiger partial charge in [-0.1, -0.05) is 6.07 Å². The van der Waals surface area contributed by atoms with Crippen LogP contribution in [0.1, 0.15) is 18.4 Å². The molecule has 2 rings (SSSR count). The van der Waals surface area contributed by atoms with Gasteiger partial charge in [0, 0.05) is 19.5 Å². The predicted molar refractivity (Wildman–Crippen MR) is 68.6 cm³/mol. The number of carbonyl (C=O) groups is 1. The number of aliphatic carboxylic acids is 1. The molecule has 0 amide bonds. The molecule has 1 fully saturated rings. The number of carboxylic acid groups (broad SMARTS) is 1. The average Bonchev–Trinajstić information content (AvgIpc) is 2.76. The molecule has 0 spiro atoms. The van der Waals surface area contributed by atoms with E-state index in [1.807, 2.05) is 6.07 Å². The van der Waals surface area contributed by atoms with Crippen LogP contribution < -0.4 is 4.74 Å². The number of rotatable bonds is 5. The van der Waals surface area contributed by atoms with Crippen molar-refractivity contribution in [2.75, 3.05) is 20.2 Å². The van der Waals surface area contributed by atoms with Crippen LogP contribution in [0.3, 0.4) is 0 Å². The Labute approximate surface area is 111 Å². The van der Waals surface area contributed by atoms with Gasteiger partial charge < -0.3 is 9.84 Å². The third kappa shape index (κ3) is 3.67. The molecule has 0 radical (unpaired) electrons. The smallest absolute Gasteiger partial charge is 0.303 e. The second kappa shape index (κ2) is 6.02. The van der Waals surface area contributed by atoms with Crippen LogP contribution in [0.5, 0.6) is 5.75 Å². The SMILES string of the molecule is COc1ccc(CN2CCC(CC(=O)O)C2)cc1F. The number of carboxylic acids is 1. The second-order valence-corrected chi connectivity index (χ2v) is 4.96. The van der Waals surface area contributed by atoms with E-state index in [2.05, 4.69) is 4.90 Å². The largest absolute Gasteiger partial charge is 0.494 e. The first-order valence-corrected chi connectivity index (χ1v) is 6.35. The van der Waals surface area contributed by atoms with Crippen molar-refractivity contribution in [1.82, 2.24) is 4.90 Å². The molecule has 1 unspecified atom stereocenters. The van der Waals surface area contributed by atoms with Crippen LogP contribution >= 0.6 is 0 Å². The zero-order chi connectivity index (χ0) is 13.8. The van der Waals surface area contributed by atoms with E-state index in [-0.39, 0.29) is 23.9 Å². The van der Waals surface area contributed by atoms with E-state index in [0.29, 0.717) is 6.54 Å². The number of halogens is 1. The average molecular weight is 267 g/mol. The van der Waals surface area contributed by atoms with E-state index < -0.39 is 5.97 Å². The Balaban J connectivity index is 1.92. The fourth-order valence-corrected chi connectivity index (χ4v) is 2.54. The van der Waals surface area contributed by atoms with Crippen molar-refractivity contribution in [2.24, 2.45) is 5.92 Å². The summed E-state index contributed by atoms with van der Waals surface area (Å²) in [4.78, 5) is 12.8. The third-order valence-corrected chi connectivity index (χ3v) is 3.46. The Bertz CT molecular complexity index is 464. The van der Waals surface area contributed by atoms with Gasteiger partial charge in [0.2, 0.25) is 0 Å². The van der Waals surface area contributed by atoms with Crippen molar-refractivity contribution in [2.45, 2.75) is 19.4 Å². The highest BCUT2D eigenvalue weighted by Gasteiger charge is 2.24. The van der Waals surface area contributed by atoms with Crippen molar-refractivity contribution >= 4 is 5.97 Å². The lowest BCUT2D eigenvalue weighted by Gasteiger charge is -2.16. The van der Waals surface area contributed by atoms with Gasteiger partial charge in [0.05, 0.1) is 7.11 Å². The van der Waals surface area contributed by atoms with Crippen LogP contribution in [0.25, 0.3) is 0 Å². The highest BCUT2D eigenvalue weighted by Crippen LogP contribution is 2.23. The van der Waals surface area contributed by atoms with Crippen LogP contribution in [0.2, 0.25) is 0 Å². The Morgan fingerprint density at radius 1 is 1.58 bits per heavy atom. The number of methoxy groups -OCH3 is 1. The lowest BCUT2D eigenvalue weighted by atomic mass is 10.1. The fraction of sp³-hybridized carbons (Fsp3) is 0.500. The maximum Gasteiger partial charge on any atom is 0.303 e. The van der Waals surface area contributed by atoms with Gasteiger partial charge in [0.1, 0.15) is 0 Å². The number of hydrogen-bond donors (Lipinski definition) is 1. The molecule has 4 nitrogen and oxygen atoms in total. The van der Waals surface area contributed by atoms with E-state index >= 15 is 0 Å². The number of ether oxygens (including phenoxy) is 1. The Morgan fingerprint density at radius 3 is 3.00 bits per heavy atom. The van der Waals surface area contributed by atoms with Gasteiger partial charge in [-0.3, -0.25) is 9.69 Å². The van der Waals surface area contributed by atoms with E-state index in [0.717, 1.165) is 25.1 Å². The van der Waals surface area contributed by atoms with Crippen LogP contribution in [0.4, 0.5) is 4.39 Å². The third-order valence-electron chi connectivity index (χ3n) is 3.46. The summed E-state index contributed by atoms with van der Waals surface area (Å²) in [5.74, 6) is -0.654. The summed E-state index contributed by atoms with van der Waals surface area (Å²) in [5, 5.41) is 8.76. The summed E-state index contributed by atoms with van der Waals surface area (Å²) in [6.07, 6.45) is 1.11. The molecule has 104 valence electrons. The Hall–Kier alpha value is -1.62. The van der Waals surface area contributed by atoms with E-state index in [9.17, 15) is 9.18 Å². The quantitative estimate of drug-likeness (QED) is 0.888. The topological polar surface area (TPSA) is 49.8 Å². The standard InChI is InChI=1S/C14H18FNO3/c1-19-13-3-2-10(6-12(13)15)8-16-5-4-11(9-16)7-14(17)18/h2-3,6,11H,4-5,7-9H2,1H3,(H,17,18). The van der Waals surface area contributed by atoms with Crippen LogP contribution in [0.15, 0.2) is 18.2 Å². The van der Waals surface area contributed by atoms with Gasteiger partial charge >= 0.3 is 5.97 Å². The molecular weight excluding hydrogens is 249 g/mol. The lowest BCUT2D eigenvalue weighted by Crippen LogP contribution is -2.21. The van der Waals surface area contributed by atoms with Gasteiger partial charge in [-0.05, 0) is 36.6 Å². The number of nitrogens with zero attached hydrogens (tertiary/aromatic N) is 1. The maximum atomic E-state index is 13.6. The summed E-state index contributed by atoms with van der Waals surface area (Å²) < 4.78 is 18.4. The normalized spacial score (nSPS) is 19.6. The molecule has 1 aromatic rings. The molecule has 0 aromatic heterocycles. The minimum atomic E-state index is -0.748. The van der Waals surface area contributed by atoms with E-state index in [4.69, 9.17) is 9.84 Å². The maximum absolute atomic E-state index is 13.6. The number of benzene rings is 1. The molecule has 0 aliphatic carbocycles. The first-order valence-electron chi connectivity index (χ1n) is 6.35. The molecule has 1 heterocycles. The molecule has 5 heteroatoms. The number of hydrogen-bond acceptors (Lipinski definition) is 3. The van der Waals surface area contributed by atoms with E-state index in [1.165, 1.54) is 13.2 Å².